The first-order valence-electron chi connectivity index (χ1n) is 10.2. The fraction of sp³-hybridized carbons (Fsp3) is 0.125. The summed E-state index contributed by atoms with van der Waals surface area (Å²) in [4.78, 5) is 35.0. The van der Waals surface area contributed by atoms with Crippen LogP contribution in [-0.2, 0) is 4.79 Å². The van der Waals surface area contributed by atoms with E-state index in [2.05, 4.69) is 10.5 Å². The molecule has 12 heteroatoms. The number of amides is 1. The van der Waals surface area contributed by atoms with E-state index in [1.54, 1.807) is 19.1 Å². The standard InChI is InChI=1S/C24H19Cl2N3O7/c1-14-3-7-20(19(9-14)29(32)33)35-13-23(30)28-27-12-15-4-8-21(22(10-15)34-2)36-24(31)17-6-5-16(25)11-18(17)26/h3-12H,13H2,1-2H3,(H,28,30)/b27-12+. The largest absolute Gasteiger partial charge is 0.493 e. The van der Waals surface area contributed by atoms with Crippen molar-refractivity contribution < 1.29 is 28.7 Å². The summed E-state index contributed by atoms with van der Waals surface area (Å²) in [7, 11) is 1.40. The number of nitro groups is 1. The summed E-state index contributed by atoms with van der Waals surface area (Å²) >= 11 is 11.9. The maximum Gasteiger partial charge on any atom is 0.345 e. The number of ether oxygens (including phenoxy) is 3. The Balaban J connectivity index is 1.60. The van der Waals surface area contributed by atoms with Crippen molar-refractivity contribution in [1.29, 1.82) is 0 Å². The number of hydrogen-bond acceptors (Lipinski definition) is 8. The Morgan fingerprint density at radius 3 is 2.50 bits per heavy atom. The van der Waals surface area contributed by atoms with Gasteiger partial charge in [-0.05, 0) is 60.5 Å². The van der Waals surface area contributed by atoms with Gasteiger partial charge in [-0.2, -0.15) is 5.10 Å². The van der Waals surface area contributed by atoms with Gasteiger partial charge in [0.2, 0.25) is 0 Å². The lowest BCUT2D eigenvalue weighted by Gasteiger charge is -2.10. The molecule has 3 aromatic rings. The minimum absolute atomic E-state index is 0.0283. The highest BCUT2D eigenvalue weighted by Gasteiger charge is 2.17. The average molecular weight is 532 g/mol. The number of nitrogens with zero attached hydrogens (tertiary/aromatic N) is 2. The normalized spacial score (nSPS) is 10.7. The number of hydrogen-bond donors (Lipinski definition) is 1. The second-order valence-electron chi connectivity index (χ2n) is 7.23. The van der Waals surface area contributed by atoms with Gasteiger partial charge in [0, 0.05) is 11.1 Å². The van der Waals surface area contributed by atoms with Crippen molar-refractivity contribution in [2.24, 2.45) is 5.10 Å². The van der Waals surface area contributed by atoms with E-state index in [1.165, 1.54) is 55.8 Å². The second kappa shape index (κ2) is 12.0. The van der Waals surface area contributed by atoms with Crippen molar-refractivity contribution in [3.05, 3.63) is 91.4 Å². The molecule has 0 bridgehead atoms. The van der Waals surface area contributed by atoms with Crippen LogP contribution in [0.15, 0.2) is 59.7 Å². The van der Waals surface area contributed by atoms with Gasteiger partial charge in [0.15, 0.2) is 23.9 Å². The molecule has 186 valence electrons. The first-order chi connectivity index (χ1) is 17.2. The van der Waals surface area contributed by atoms with Crippen molar-refractivity contribution in [3.8, 4) is 17.2 Å². The molecule has 3 aromatic carbocycles. The summed E-state index contributed by atoms with van der Waals surface area (Å²) in [6, 6.07) is 13.4. The van der Waals surface area contributed by atoms with Crippen LogP contribution in [0.4, 0.5) is 5.69 Å². The number of nitro benzene ring substituents is 1. The SMILES string of the molecule is COc1cc(/C=N/NC(=O)COc2ccc(C)cc2[N+](=O)[O-])ccc1OC(=O)c1ccc(Cl)cc1Cl. The van der Waals surface area contributed by atoms with E-state index in [0.717, 1.165) is 0 Å². The maximum atomic E-state index is 12.5. The van der Waals surface area contributed by atoms with E-state index < -0.39 is 23.4 Å². The van der Waals surface area contributed by atoms with E-state index in [4.69, 9.17) is 37.4 Å². The van der Waals surface area contributed by atoms with Crippen LogP contribution in [0, 0.1) is 17.0 Å². The van der Waals surface area contributed by atoms with Crippen molar-refractivity contribution in [1.82, 2.24) is 5.43 Å². The van der Waals surface area contributed by atoms with E-state index in [0.29, 0.717) is 16.1 Å². The zero-order chi connectivity index (χ0) is 26.2. The number of benzene rings is 3. The number of hydrazone groups is 1. The molecule has 0 aliphatic carbocycles. The third-order valence-electron chi connectivity index (χ3n) is 4.61. The number of nitrogens with one attached hydrogen (secondary N) is 1. The summed E-state index contributed by atoms with van der Waals surface area (Å²) in [5.74, 6) is -0.975. The molecule has 0 aliphatic rings. The van der Waals surface area contributed by atoms with E-state index in [9.17, 15) is 19.7 Å². The summed E-state index contributed by atoms with van der Waals surface area (Å²) in [6.45, 7) is 1.23. The number of halogens is 2. The molecule has 0 unspecified atom stereocenters. The summed E-state index contributed by atoms with van der Waals surface area (Å²) in [5.41, 5.74) is 3.37. The molecule has 36 heavy (non-hydrogen) atoms. The molecular weight excluding hydrogens is 513 g/mol. The van der Waals surface area contributed by atoms with E-state index >= 15 is 0 Å². The van der Waals surface area contributed by atoms with Crippen LogP contribution in [0.3, 0.4) is 0 Å². The summed E-state index contributed by atoms with van der Waals surface area (Å²) in [6.07, 6.45) is 1.33. The van der Waals surface area contributed by atoms with Crippen LogP contribution < -0.4 is 19.6 Å². The zero-order valence-corrected chi connectivity index (χ0v) is 20.5. The number of rotatable bonds is 9. The first kappa shape index (κ1) is 26.5. The first-order valence-corrected chi connectivity index (χ1v) is 11.0. The minimum Gasteiger partial charge on any atom is -0.493 e. The molecule has 1 N–H and O–H groups in total. The Bertz CT molecular complexity index is 1350. The monoisotopic (exact) mass is 531 g/mol. The van der Waals surface area contributed by atoms with Gasteiger partial charge in [0.05, 0.1) is 28.8 Å². The molecule has 3 rings (SSSR count). The van der Waals surface area contributed by atoms with Crippen LogP contribution in [0.2, 0.25) is 10.0 Å². The molecule has 0 saturated carbocycles. The molecule has 0 fully saturated rings. The van der Waals surface area contributed by atoms with Crippen molar-refractivity contribution >= 4 is 47.0 Å². The van der Waals surface area contributed by atoms with Crippen LogP contribution in [0.5, 0.6) is 17.2 Å². The molecule has 0 radical (unpaired) electrons. The third-order valence-corrected chi connectivity index (χ3v) is 5.16. The van der Waals surface area contributed by atoms with Crippen LogP contribution in [0.1, 0.15) is 21.5 Å². The third kappa shape index (κ3) is 6.94. The van der Waals surface area contributed by atoms with Gasteiger partial charge in [-0.1, -0.05) is 29.3 Å². The number of carbonyl (C=O) groups is 2. The lowest BCUT2D eigenvalue weighted by molar-refractivity contribution is -0.385. The molecular formula is C24H19Cl2N3O7. The van der Waals surface area contributed by atoms with E-state index in [1.807, 2.05) is 0 Å². The summed E-state index contributed by atoms with van der Waals surface area (Å²) < 4.78 is 15.9. The quantitative estimate of drug-likeness (QED) is 0.135. The van der Waals surface area contributed by atoms with Crippen molar-refractivity contribution in [2.75, 3.05) is 13.7 Å². The topological polar surface area (TPSA) is 129 Å². The fourth-order valence-electron chi connectivity index (χ4n) is 2.91. The Kier molecular flexibility index (Phi) is 8.82. The average Bonchev–Trinajstić information content (AvgIpc) is 2.83. The summed E-state index contributed by atoms with van der Waals surface area (Å²) in [5, 5.41) is 15.5. The molecule has 0 aliphatic heterocycles. The fourth-order valence-corrected chi connectivity index (χ4v) is 3.39. The Hall–Kier alpha value is -4.15. The predicted octanol–water partition coefficient (Wildman–Crippen LogP) is 4.97. The molecule has 0 atom stereocenters. The highest BCUT2D eigenvalue weighted by Crippen LogP contribution is 2.30. The lowest BCUT2D eigenvalue weighted by atomic mass is 10.2. The van der Waals surface area contributed by atoms with E-state index in [-0.39, 0.29) is 33.5 Å². The van der Waals surface area contributed by atoms with Crippen molar-refractivity contribution in [2.45, 2.75) is 6.92 Å². The van der Waals surface area contributed by atoms with Crippen molar-refractivity contribution in [3.63, 3.8) is 0 Å². The van der Waals surface area contributed by atoms with Gasteiger partial charge in [-0.15, -0.1) is 0 Å². The van der Waals surface area contributed by atoms with Crippen LogP contribution in [0.25, 0.3) is 0 Å². The number of carbonyl (C=O) groups excluding carboxylic acids is 2. The van der Waals surface area contributed by atoms with Gasteiger partial charge in [-0.25, -0.2) is 10.2 Å². The highest BCUT2D eigenvalue weighted by molar-refractivity contribution is 6.36. The zero-order valence-electron chi connectivity index (χ0n) is 19.0. The Morgan fingerprint density at radius 2 is 1.81 bits per heavy atom. The van der Waals surface area contributed by atoms with Gasteiger partial charge >= 0.3 is 11.7 Å². The smallest absolute Gasteiger partial charge is 0.345 e. The lowest BCUT2D eigenvalue weighted by Crippen LogP contribution is -2.24. The maximum absolute atomic E-state index is 12.5. The highest BCUT2D eigenvalue weighted by atomic mass is 35.5. The molecule has 0 spiro atoms. The number of methoxy groups -OCH3 is 1. The molecule has 0 aromatic heterocycles. The molecule has 0 heterocycles. The molecule has 0 saturated heterocycles. The predicted molar refractivity (Wildman–Crippen MR) is 133 cm³/mol. The number of aryl methyl sites for hydroxylation is 1. The molecule has 1 amide bonds. The van der Waals surface area contributed by atoms with Crippen LogP contribution in [-0.4, -0.2) is 36.7 Å². The van der Waals surface area contributed by atoms with Crippen LogP contribution >= 0.6 is 23.2 Å². The van der Waals surface area contributed by atoms with Gasteiger partial charge in [-0.3, -0.25) is 14.9 Å². The molecule has 10 nitrogen and oxygen atoms in total. The van der Waals surface area contributed by atoms with Gasteiger partial charge in [0.1, 0.15) is 0 Å². The Morgan fingerprint density at radius 1 is 1.06 bits per heavy atom. The van der Waals surface area contributed by atoms with Gasteiger partial charge < -0.3 is 14.2 Å². The second-order valence-corrected chi connectivity index (χ2v) is 8.08. The Labute approximate surface area is 215 Å². The number of esters is 1. The van der Waals surface area contributed by atoms with Gasteiger partial charge in [0.25, 0.3) is 5.91 Å². The minimum atomic E-state index is -0.697.